The van der Waals surface area contributed by atoms with Crippen molar-refractivity contribution in [3.05, 3.63) is 69.9 Å². The number of aromatic nitrogens is 6. The number of aryl methyl sites for hydroxylation is 1. The third-order valence-electron chi connectivity index (χ3n) is 10.9. The maximum absolute atomic E-state index is 15.8. The Labute approximate surface area is 316 Å². The van der Waals surface area contributed by atoms with Gasteiger partial charge in [0.2, 0.25) is 17.8 Å². The largest absolute Gasteiger partial charge is 0.367 e. The SMILES string of the molecule is CC(C)n1c(=O)ccc2cc(Nc3nc(N4CC[C@@H](CN5CCN(c6cccc7c(C8CCC(=O)NC8=O)nn(C)c67)CC5)[C@H](F)C4)ncc3Cl)cnc21. The predicted octanol–water partition coefficient (Wildman–Crippen LogP) is 4.56. The second kappa shape index (κ2) is 14.6. The van der Waals surface area contributed by atoms with Gasteiger partial charge in [0.1, 0.15) is 16.8 Å². The molecule has 14 nitrogen and oxygen atoms in total. The molecule has 3 saturated heterocycles. The molecule has 1 aromatic carbocycles. The van der Waals surface area contributed by atoms with Gasteiger partial charge in [0.05, 0.1) is 47.4 Å². The van der Waals surface area contributed by atoms with Crippen molar-refractivity contribution in [1.29, 1.82) is 0 Å². The van der Waals surface area contributed by atoms with E-state index in [0.717, 1.165) is 48.2 Å². The summed E-state index contributed by atoms with van der Waals surface area (Å²) in [7, 11) is 1.90. The highest BCUT2D eigenvalue weighted by Gasteiger charge is 2.35. The highest BCUT2D eigenvalue weighted by atomic mass is 35.5. The standard InChI is InChI=1S/C38H43ClFN11O3/c1-22(2)51-32(53)10-7-23-17-25(18-41-36(23)51)43-35-28(39)19-42-38(45-35)50-12-11-24(29(40)21-50)20-48-13-15-49(16-14-48)30-6-4-5-26-33(46-47(3)34(26)30)27-8-9-31(52)44-37(27)54/h4-7,10,17-19,22,24,27,29H,8-9,11-16,20-21H2,1-3H3,(H,42,43,45)(H,44,52,54)/t24-,27?,29+/m0/s1. The van der Waals surface area contributed by atoms with E-state index < -0.39 is 12.1 Å². The molecule has 3 aliphatic heterocycles. The van der Waals surface area contributed by atoms with Crippen LogP contribution in [0.4, 0.5) is 27.5 Å². The number of carbonyl (C=O) groups is 2. The second-order valence-corrected chi connectivity index (χ2v) is 15.2. The molecular formula is C38H43ClFN11O3. The van der Waals surface area contributed by atoms with Crippen molar-refractivity contribution in [1.82, 2.24) is 39.5 Å². The van der Waals surface area contributed by atoms with Crippen molar-refractivity contribution >= 4 is 68.5 Å². The van der Waals surface area contributed by atoms with Gasteiger partial charge in [-0.2, -0.15) is 10.1 Å². The molecule has 54 heavy (non-hydrogen) atoms. The van der Waals surface area contributed by atoms with Gasteiger partial charge in [-0.1, -0.05) is 23.7 Å². The number of benzene rings is 1. The van der Waals surface area contributed by atoms with Gasteiger partial charge in [-0.15, -0.1) is 0 Å². The zero-order chi connectivity index (χ0) is 37.7. The quantitative estimate of drug-likeness (QED) is 0.215. The van der Waals surface area contributed by atoms with Crippen molar-refractivity contribution in [2.24, 2.45) is 13.0 Å². The average molecular weight is 756 g/mol. The average Bonchev–Trinajstić information content (AvgIpc) is 3.49. The number of anilines is 4. The molecule has 3 aliphatic rings. The molecule has 2 N–H and O–H groups in total. The summed E-state index contributed by atoms with van der Waals surface area (Å²) in [5.74, 6) is -0.295. The van der Waals surface area contributed by atoms with Crippen molar-refractivity contribution in [2.75, 3.05) is 60.9 Å². The van der Waals surface area contributed by atoms with Gasteiger partial charge in [0, 0.05) is 81.5 Å². The van der Waals surface area contributed by atoms with E-state index in [1.807, 2.05) is 48.7 Å². The van der Waals surface area contributed by atoms with Crippen molar-refractivity contribution < 1.29 is 14.0 Å². The van der Waals surface area contributed by atoms with Gasteiger partial charge in [-0.05, 0) is 44.9 Å². The van der Waals surface area contributed by atoms with Crippen LogP contribution in [-0.4, -0.2) is 98.0 Å². The number of halogens is 2. The number of imide groups is 1. The lowest BCUT2D eigenvalue weighted by molar-refractivity contribution is -0.134. The number of rotatable bonds is 8. The molecule has 3 fully saturated rings. The lowest BCUT2D eigenvalue weighted by Gasteiger charge is -2.41. The zero-order valence-electron chi connectivity index (χ0n) is 30.5. The summed E-state index contributed by atoms with van der Waals surface area (Å²) in [5.41, 5.74) is 3.88. The van der Waals surface area contributed by atoms with Crippen LogP contribution in [-0.2, 0) is 16.6 Å². The van der Waals surface area contributed by atoms with Gasteiger partial charge >= 0.3 is 0 Å². The van der Waals surface area contributed by atoms with E-state index >= 15 is 4.39 Å². The van der Waals surface area contributed by atoms with Crippen molar-refractivity contribution in [3.8, 4) is 0 Å². The lowest BCUT2D eigenvalue weighted by Crippen LogP contribution is -2.51. The molecule has 2 amide bonds. The number of fused-ring (bicyclic) bond motifs is 2. The number of pyridine rings is 2. The third-order valence-corrected chi connectivity index (χ3v) is 11.2. The molecule has 3 atom stereocenters. The fourth-order valence-electron chi connectivity index (χ4n) is 8.10. The van der Waals surface area contributed by atoms with Crippen LogP contribution in [0.25, 0.3) is 21.9 Å². The van der Waals surface area contributed by atoms with E-state index in [1.54, 1.807) is 16.8 Å². The van der Waals surface area contributed by atoms with Gasteiger partial charge < -0.3 is 15.1 Å². The molecule has 0 aliphatic carbocycles. The van der Waals surface area contributed by atoms with E-state index in [4.69, 9.17) is 16.7 Å². The van der Waals surface area contributed by atoms with Gasteiger partial charge in [0.25, 0.3) is 5.56 Å². The maximum atomic E-state index is 15.8. The van der Waals surface area contributed by atoms with Crippen molar-refractivity contribution in [2.45, 2.75) is 51.2 Å². The van der Waals surface area contributed by atoms with E-state index in [-0.39, 0.29) is 35.9 Å². The number of piperidine rings is 2. The Morgan fingerprint density at radius 2 is 1.81 bits per heavy atom. The molecule has 0 saturated carbocycles. The number of hydrogen-bond donors (Lipinski definition) is 2. The van der Waals surface area contributed by atoms with Crippen LogP contribution < -0.4 is 26.0 Å². The summed E-state index contributed by atoms with van der Waals surface area (Å²) in [6, 6.07) is 11.2. The second-order valence-electron chi connectivity index (χ2n) is 14.7. The number of alkyl halides is 1. The van der Waals surface area contributed by atoms with E-state index in [2.05, 4.69) is 41.5 Å². The molecule has 1 unspecified atom stereocenters. The van der Waals surface area contributed by atoms with E-state index in [0.29, 0.717) is 66.2 Å². The molecule has 8 rings (SSSR count). The molecule has 5 aromatic rings. The first-order chi connectivity index (χ1) is 26.0. The Kier molecular flexibility index (Phi) is 9.69. The third kappa shape index (κ3) is 6.86. The molecular weight excluding hydrogens is 713 g/mol. The minimum atomic E-state index is -1.05. The first-order valence-corrected chi connectivity index (χ1v) is 18.9. The number of piperazine rings is 1. The van der Waals surface area contributed by atoms with Gasteiger partial charge in [-0.3, -0.25) is 33.8 Å². The molecule has 0 spiro atoms. The number of nitrogens with zero attached hydrogens (tertiary/aromatic N) is 9. The highest BCUT2D eigenvalue weighted by molar-refractivity contribution is 6.32. The van der Waals surface area contributed by atoms with Crippen LogP contribution in [0.15, 0.2) is 53.6 Å². The molecule has 0 radical (unpaired) electrons. The van der Waals surface area contributed by atoms with Gasteiger partial charge in [-0.25, -0.2) is 14.4 Å². The minimum absolute atomic E-state index is 0.0380. The maximum Gasteiger partial charge on any atom is 0.252 e. The highest BCUT2D eigenvalue weighted by Crippen LogP contribution is 2.36. The topological polar surface area (TPSA) is 146 Å². The molecule has 16 heteroatoms. The Morgan fingerprint density at radius 3 is 2.57 bits per heavy atom. The normalized spacial score (nSPS) is 21.3. The summed E-state index contributed by atoms with van der Waals surface area (Å²) in [6.07, 6.45) is 3.54. The molecule has 0 bridgehead atoms. The van der Waals surface area contributed by atoms with Crippen LogP contribution >= 0.6 is 11.6 Å². The summed E-state index contributed by atoms with van der Waals surface area (Å²) in [4.78, 5) is 57.0. The fraction of sp³-hybridized carbons (Fsp3) is 0.447. The number of amides is 2. The monoisotopic (exact) mass is 755 g/mol. The molecule has 282 valence electrons. The number of carbonyl (C=O) groups excluding carboxylic acids is 2. The Bertz CT molecular complexity index is 2300. The fourth-order valence-corrected chi connectivity index (χ4v) is 8.24. The smallest absolute Gasteiger partial charge is 0.252 e. The molecule has 4 aromatic heterocycles. The Hall–Kier alpha value is -5.15. The summed E-state index contributed by atoms with van der Waals surface area (Å²) in [6.45, 7) is 8.54. The van der Waals surface area contributed by atoms with Crippen LogP contribution in [0.5, 0.6) is 0 Å². The van der Waals surface area contributed by atoms with Crippen molar-refractivity contribution in [3.63, 3.8) is 0 Å². The van der Waals surface area contributed by atoms with Crippen LogP contribution in [0.3, 0.4) is 0 Å². The number of hydrogen-bond acceptors (Lipinski definition) is 11. The van der Waals surface area contributed by atoms with Gasteiger partial charge in [0.15, 0.2) is 5.82 Å². The Balaban J connectivity index is 0.886. The van der Waals surface area contributed by atoms with Crippen LogP contribution in [0.1, 0.15) is 50.8 Å². The summed E-state index contributed by atoms with van der Waals surface area (Å²) >= 11 is 6.50. The van der Waals surface area contributed by atoms with E-state index in [9.17, 15) is 14.4 Å². The molecule has 7 heterocycles. The van der Waals surface area contributed by atoms with Crippen LogP contribution in [0, 0.1) is 5.92 Å². The number of nitrogens with one attached hydrogen (secondary N) is 2. The minimum Gasteiger partial charge on any atom is -0.367 e. The zero-order valence-corrected chi connectivity index (χ0v) is 31.3. The van der Waals surface area contributed by atoms with Crippen LogP contribution in [0.2, 0.25) is 5.02 Å². The Morgan fingerprint density at radius 1 is 1.00 bits per heavy atom. The van der Waals surface area contributed by atoms with E-state index in [1.165, 1.54) is 12.3 Å². The summed E-state index contributed by atoms with van der Waals surface area (Å²) in [5, 5.41) is 12.5. The predicted molar refractivity (Wildman–Crippen MR) is 206 cm³/mol. The lowest BCUT2D eigenvalue weighted by atomic mass is 9.92. The number of para-hydroxylation sites is 1. The summed E-state index contributed by atoms with van der Waals surface area (Å²) < 4.78 is 19.3. The first kappa shape index (κ1) is 35.9. The first-order valence-electron chi connectivity index (χ1n) is 18.5.